The van der Waals surface area contributed by atoms with Crippen molar-refractivity contribution in [1.29, 1.82) is 0 Å². The normalized spacial score (nSPS) is 24.5. The van der Waals surface area contributed by atoms with Gasteiger partial charge in [-0.3, -0.25) is 4.90 Å². The van der Waals surface area contributed by atoms with Crippen LogP contribution in [0.5, 0.6) is 0 Å². The molecule has 0 bridgehead atoms. The van der Waals surface area contributed by atoms with Crippen molar-refractivity contribution in [3.63, 3.8) is 0 Å². The van der Waals surface area contributed by atoms with Crippen LogP contribution in [0.2, 0.25) is 0 Å². The Hall–Kier alpha value is -0.450. The van der Waals surface area contributed by atoms with Crippen LogP contribution < -0.4 is 5.32 Å². The molecule has 1 saturated carbocycles. The van der Waals surface area contributed by atoms with E-state index >= 15 is 0 Å². The van der Waals surface area contributed by atoms with Crippen molar-refractivity contribution in [2.45, 2.75) is 51.1 Å². The molecule has 0 atom stereocenters. The van der Waals surface area contributed by atoms with Crippen LogP contribution in [0.4, 0.5) is 0 Å². The molecule has 100 valence electrons. The van der Waals surface area contributed by atoms with E-state index in [0.717, 1.165) is 13.1 Å². The van der Waals surface area contributed by atoms with Crippen molar-refractivity contribution in [2.24, 2.45) is 0 Å². The van der Waals surface area contributed by atoms with Gasteiger partial charge in [-0.15, -0.1) is 11.3 Å². The largest absolute Gasteiger partial charge is 0.309 e. The average molecular weight is 265 g/mol. The van der Waals surface area contributed by atoms with Crippen LogP contribution in [0.3, 0.4) is 0 Å². The molecule has 2 fully saturated rings. The van der Waals surface area contributed by atoms with Gasteiger partial charge in [-0.2, -0.15) is 0 Å². The van der Waals surface area contributed by atoms with E-state index in [9.17, 15) is 0 Å². The van der Waals surface area contributed by atoms with E-state index in [1.165, 1.54) is 55.1 Å². The molecule has 3 rings (SSSR count). The van der Waals surface area contributed by atoms with Crippen molar-refractivity contribution in [3.8, 4) is 0 Å². The number of piperazine rings is 1. The summed E-state index contributed by atoms with van der Waals surface area (Å²) in [7, 11) is 0. The highest BCUT2D eigenvalue weighted by Crippen LogP contribution is 2.31. The van der Waals surface area contributed by atoms with Gasteiger partial charge in [0.25, 0.3) is 0 Å². The summed E-state index contributed by atoms with van der Waals surface area (Å²) in [6.45, 7) is 6.71. The summed E-state index contributed by atoms with van der Waals surface area (Å²) in [5.41, 5.74) is 0.419. The first-order valence-electron chi connectivity index (χ1n) is 7.15. The van der Waals surface area contributed by atoms with Crippen LogP contribution in [-0.2, 0) is 6.54 Å². The fraction of sp³-hybridized carbons (Fsp3) is 0.786. The second-order valence-corrected chi connectivity index (χ2v) is 7.16. The Kier molecular flexibility index (Phi) is 3.68. The molecule has 0 aromatic carbocycles. The van der Waals surface area contributed by atoms with Crippen molar-refractivity contribution < 1.29 is 0 Å². The van der Waals surface area contributed by atoms with Gasteiger partial charge in [-0.25, -0.2) is 4.98 Å². The lowest BCUT2D eigenvalue weighted by molar-refractivity contribution is 0.0944. The van der Waals surface area contributed by atoms with Crippen molar-refractivity contribution >= 4 is 11.3 Å². The SMILES string of the molecule is Cc1cnc(CN2CCNC3(CCCCC3)C2)s1. The van der Waals surface area contributed by atoms with E-state index in [2.05, 4.69) is 22.1 Å². The fourth-order valence-corrected chi connectivity index (χ4v) is 4.24. The van der Waals surface area contributed by atoms with Gasteiger partial charge in [-0.1, -0.05) is 19.3 Å². The van der Waals surface area contributed by atoms with Gasteiger partial charge in [0, 0.05) is 36.2 Å². The summed E-state index contributed by atoms with van der Waals surface area (Å²) >= 11 is 1.84. The van der Waals surface area contributed by atoms with Gasteiger partial charge in [0.1, 0.15) is 5.01 Å². The minimum Gasteiger partial charge on any atom is -0.309 e. The Bertz CT molecular complexity index is 390. The lowest BCUT2D eigenvalue weighted by atomic mass is 9.80. The van der Waals surface area contributed by atoms with Crippen LogP contribution in [0.25, 0.3) is 0 Å². The summed E-state index contributed by atoms with van der Waals surface area (Å²) in [6, 6.07) is 0. The van der Waals surface area contributed by atoms with Crippen LogP contribution in [-0.4, -0.2) is 35.1 Å². The number of hydrogen-bond donors (Lipinski definition) is 1. The Morgan fingerprint density at radius 3 is 2.94 bits per heavy atom. The maximum Gasteiger partial charge on any atom is 0.107 e. The van der Waals surface area contributed by atoms with Gasteiger partial charge in [-0.05, 0) is 19.8 Å². The van der Waals surface area contributed by atoms with Crippen molar-refractivity contribution in [3.05, 3.63) is 16.1 Å². The third-order valence-electron chi connectivity index (χ3n) is 4.29. The first-order chi connectivity index (χ1) is 8.76. The van der Waals surface area contributed by atoms with Crippen molar-refractivity contribution in [1.82, 2.24) is 15.2 Å². The maximum absolute atomic E-state index is 4.50. The third-order valence-corrected chi connectivity index (χ3v) is 5.19. The highest BCUT2D eigenvalue weighted by atomic mass is 32.1. The molecule has 1 aromatic heterocycles. The van der Waals surface area contributed by atoms with Gasteiger partial charge in [0.05, 0.1) is 6.54 Å². The van der Waals surface area contributed by atoms with Gasteiger partial charge >= 0.3 is 0 Å². The Balaban J connectivity index is 1.63. The second kappa shape index (κ2) is 5.27. The molecule has 0 unspecified atom stereocenters. The zero-order valence-corrected chi connectivity index (χ0v) is 12.1. The molecule has 0 amide bonds. The first kappa shape index (κ1) is 12.6. The topological polar surface area (TPSA) is 28.2 Å². The number of hydrogen-bond acceptors (Lipinski definition) is 4. The quantitative estimate of drug-likeness (QED) is 0.891. The molecule has 3 nitrogen and oxygen atoms in total. The molecular formula is C14H23N3S. The van der Waals surface area contributed by atoms with E-state index in [0.29, 0.717) is 5.54 Å². The first-order valence-corrected chi connectivity index (χ1v) is 7.96. The monoisotopic (exact) mass is 265 g/mol. The Morgan fingerprint density at radius 2 is 2.22 bits per heavy atom. The summed E-state index contributed by atoms with van der Waals surface area (Å²) in [5.74, 6) is 0. The van der Waals surface area contributed by atoms with E-state index < -0.39 is 0 Å². The van der Waals surface area contributed by atoms with Crippen LogP contribution in [0.1, 0.15) is 42.0 Å². The minimum absolute atomic E-state index is 0.419. The molecule has 1 N–H and O–H groups in total. The van der Waals surface area contributed by atoms with E-state index in [1.807, 2.05) is 17.5 Å². The predicted molar refractivity (Wildman–Crippen MR) is 75.9 cm³/mol. The van der Waals surface area contributed by atoms with Gasteiger partial charge in [0.15, 0.2) is 0 Å². The van der Waals surface area contributed by atoms with E-state index in [1.54, 1.807) is 0 Å². The third kappa shape index (κ3) is 2.76. The standard InChI is InChI=1S/C14H23N3S/c1-12-9-15-13(18-12)10-17-8-7-16-14(11-17)5-3-2-4-6-14/h9,16H,2-8,10-11H2,1H3. The second-order valence-electron chi connectivity index (χ2n) is 5.84. The molecule has 1 aromatic rings. The van der Waals surface area contributed by atoms with Gasteiger partial charge < -0.3 is 5.32 Å². The number of nitrogens with zero attached hydrogens (tertiary/aromatic N) is 2. The smallest absolute Gasteiger partial charge is 0.107 e. The molecule has 2 aliphatic rings. The van der Waals surface area contributed by atoms with Crippen LogP contribution in [0.15, 0.2) is 6.20 Å². The highest BCUT2D eigenvalue weighted by molar-refractivity contribution is 7.11. The number of aromatic nitrogens is 1. The molecule has 1 aliphatic carbocycles. The van der Waals surface area contributed by atoms with Gasteiger partial charge in [0.2, 0.25) is 0 Å². The summed E-state index contributed by atoms with van der Waals surface area (Å²) in [6.07, 6.45) is 8.95. The zero-order valence-electron chi connectivity index (χ0n) is 11.2. The number of rotatable bonds is 2. The predicted octanol–water partition coefficient (Wildman–Crippen LogP) is 2.56. The zero-order chi connectivity index (χ0) is 12.4. The number of thiazole rings is 1. The summed E-state index contributed by atoms with van der Waals surface area (Å²) in [4.78, 5) is 8.42. The molecule has 1 spiro atoms. The molecule has 0 radical (unpaired) electrons. The Labute approximate surface area is 114 Å². The van der Waals surface area contributed by atoms with Crippen LogP contribution in [0, 0.1) is 6.92 Å². The molecule has 1 saturated heterocycles. The summed E-state index contributed by atoms with van der Waals surface area (Å²) < 4.78 is 0. The molecule has 18 heavy (non-hydrogen) atoms. The fourth-order valence-electron chi connectivity index (χ4n) is 3.41. The average Bonchev–Trinajstić information content (AvgIpc) is 2.76. The van der Waals surface area contributed by atoms with E-state index in [4.69, 9.17) is 0 Å². The van der Waals surface area contributed by atoms with Crippen LogP contribution >= 0.6 is 11.3 Å². The Morgan fingerprint density at radius 1 is 1.39 bits per heavy atom. The lowest BCUT2D eigenvalue weighted by Crippen LogP contribution is -2.60. The minimum atomic E-state index is 0.419. The molecule has 1 aliphatic heterocycles. The molecule has 4 heteroatoms. The van der Waals surface area contributed by atoms with Crippen molar-refractivity contribution in [2.75, 3.05) is 19.6 Å². The highest BCUT2D eigenvalue weighted by Gasteiger charge is 2.36. The summed E-state index contributed by atoms with van der Waals surface area (Å²) in [5, 5.41) is 5.07. The molecule has 2 heterocycles. The van der Waals surface area contributed by atoms with E-state index in [-0.39, 0.29) is 0 Å². The number of aryl methyl sites for hydroxylation is 1. The lowest BCUT2D eigenvalue weighted by Gasteiger charge is -2.46. The molecular weight excluding hydrogens is 242 g/mol. The maximum atomic E-state index is 4.50. The number of nitrogens with one attached hydrogen (secondary N) is 1.